The van der Waals surface area contributed by atoms with Crippen molar-refractivity contribution in [2.24, 2.45) is 17.1 Å². The van der Waals surface area contributed by atoms with Crippen molar-refractivity contribution in [3.05, 3.63) is 59.4 Å². The van der Waals surface area contributed by atoms with Crippen LogP contribution >= 0.6 is 0 Å². The van der Waals surface area contributed by atoms with E-state index >= 15 is 0 Å². The minimum atomic E-state index is 0.271. The normalized spacial score (nSPS) is 25.3. The molecular formula is C23H34N2O. The maximum atomic E-state index is 6.08. The van der Waals surface area contributed by atoms with Gasteiger partial charge in [0.2, 0.25) is 0 Å². The molecule has 0 bridgehead atoms. The maximum Gasteiger partial charge on any atom is 0.115 e. The molecule has 3 nitrogen and oxygen atoms in total. The van der Waals surface area contributed by atoms with Gasteiger partial charge in [0, 0.05) is 31.6 Å². The van der Waals surface area contributed by atoms with E-state index in [4.69, 9.17) is 10.5 Å². The number of allylic oxidation sites excluding steroid dienone is 3. The molecule has 2 N–H and O–H groups in total. The minimum Gasteiger partial charge on any atom is -0.494 e. The van der Waals surface area contributed by atoms with Crippen molar-refractivity contribution in [2.45, 2.75) is 52.6 Å². The average molecular weight is 355 g/mol. The van der Waals surface area contributed by atoms with Crippen molar-refractivity contribution >= 4 is 0 Å². The molecule has 0 amide bonds. The molecule has 0 saturated carbocycles. The van der Waals surface area contributed by atoms with E-state index in [1.165, 1.54) is 17.5 Å². The van der Waals surface area contributed by atoms with Gasteiger partial charge in [-0.25, -0.2) is 0 Å². The van der Waals surface area contributed by atoms with Crippen molar-refractivity contribution in [3.63, 3.8) is 0 Å². The molecule has 1 aromatic rings. The number of ether oxygens (including phenoxy) is 1. The Labute approximate surface area is 158 Å². The summed E-state index contributed by atoms with van der Waals surface area (Å²) < 4.78 is 6.08. The number of rotatable bonds is 7. The average Bonchev–Trinajstić information content (AvgIpc) is 2.99. The lowest BCUT2D eigenvalue weighted by atomic mass is 9.86. The van der Waals surface area contributed by atoms with Gasteiger partial charge in [-0.15, -0.1) is 0 Å². The number of likely N-dealkylation sites (tertiary alicyclic amines) is 1. The number of hydrogen-bond acceptors (Lipinski definition) is 3. The molecule has 142 valence electrons. The standard InChI is InChI=1S/C23H34N2O/c1-18-13-21(17-26-22-7-10-23(2,3)11-8-22)16-25(18)12-9-19-5-4-6-20(14-19)15-24/h4-8,10,14,18,21H,9,11-13,15-17,24H2,1-3H3/t18-,21+/m1/s1. The van der Waals surface area contributed by atoms with E-state index < -0.39 is 0 Å². The Bertz CT molecular complexity index is 662. The maximum absolute atomic E-state index is 6.08. The first-order valence-corrected chi connectivity index (χ1v) is 9.99. The molecule has 0 aromatic heterocycles. The van der Waals surface area contributed by atoms with Crippen LogP contribution in [0.1, 0.15) is 44.7 Å². The molecule has 2 aliphatic rings. The molecule has 1 aliphatic heterocycles. The van der Waals surface area contributed by atoms with E-state index in [-0.39, 0.29) is 5.41 Å². The van der Waals surface area contributed by atoms with E-state index in [1.54, 1.807) is 0 Å². The Kier molecular flexibility index (Phi) is 6.20. The summed E-state index contributed by atoms with van der Waals surface area (Å²) in [7, 11) is 0. The van der Waals surface area contributed by atoms with Crippen molar-refractivity contribution in [1.82, 2.24) is 4.90 Å². The monoisotopic (exact) mass is 354 g/mol. The lowest BCUT2D eigenvalue weighted by molar-refractivity contribution is 0.170. The Balaban J connectivity index is 1.44. The largest absolute Gasteiger partial charge is 0.494 e. The zero-order valence-corrected chi connectivity index (χ0v) is 16.6. The predicted molar refractivity (Wildman–Crippen MR) is 109 cm³/mol. The third-order valence-corrected chi connectivity index (χ3v) is 5.72. The second-order valence-electron chi connectivity index (χ2n) is 8.66. The number of benzene rings is 1. The molecule has 26 heavy (non-hydrogen) atoms. The molecule has 0 radical (unpaired) electrons. The highest BCUT2D eigenvalue weighted by Gasteiger charge is 2.29. The molecule has 1 aliphatic carbocycles. The predicted octanol–water partition coefficient (Wildman–Crippen LogP) is 4.28. The Morgan fingerprint density at radius 2 is 2.08 bits per heavy atom. The summed E-state index contributed by atoms with van der Waals surface area (Å²) in [5.41, 5.74) is 8.64. The Morgan fingerprint density at radius 1 is 1.27 bits per heavy atom. The molecule has 1 saturated heterocycles. The van der Waals surface area contributed by atoms with Crippen LogP contribution < -0.4 is 5.73 Å². The molecule has 3 rings (SSSR count). The quantitative estimate of drug-likeness (QED) is 0.794. The SMILES string of the molecule is C[C@@H]1C[C@H](COC2=CCC(C)(C)C=C2)CN1CCc1cccc(CN)c1. The van der Waals surface area contributed by atoms with Gasteiger partial charge in [-0.2, -0.15) is 0 Å². The lowest BCUT2D eigenvalue weighted by Crippen LogP contribution is -2.29. The van der Waals surface area contributed by atoms with E-state index in [2.05, 4.69) is 68.2 Å². The van der Waals surface area contributed by atoms with Crippen LogP contribution in [0.4, 0.5) is 0 Å². The molecule has 0 unspecified atom stereocenters. The van der Waals surface area contributed by atoms with Crippen molar-refractivity contribution < 1.29 is 4.74 Å². The number of nitrogens with two attached hydrogens (primary N) is 1. The summed E-state index contributed by atoms with van der Waals surface area (Å²) in [6.07, 6.45) is 10.0. The van der Waals surface area contributed by atoms with E-state index in [9.17, 15) is 0 Å². The first-order chi connectivity index (χ1) is 12.4. The summed E-state index contributed by atoms with van der Waals surface area (Å²) in [6.45, 7) is 10.6. The van der Waals surface area contributed by atoms with Crippen molar-refractivity contribution in [2.75, 3.05) is 19.7 Å². The highest BCUT2D eigenvalue weighted by atomic mass is 16.5. The summed E-state index contributed by atoms with van der Waals surface area (Å²) in [5.74, 6) is 1.68. The van der Waals surface area contributed by atoms with E-state index in [0.29, 0.717) is 18.5 Å². The summed E-state index contributed by atoms with van der Waals surface area (Å²) in [4.78, 5) is 2.61. The number of nitrogens with zero attached hydrogens (tertiary/aromatic N) is 1. The van der Waals surface area contributed by atoms with Crippen molar-refractivity contribution in [1.29, 1.82) is 0 Å². The summed E-state index contributed by atoms with van der Waals surface area (Å²) in [5, 5.41) is 0. The first kappa shape index (κ1) is 19.2. The van der Waals surface area contributed by atoms with Gasteiger partial charge in [0.1, 0.15) is 5.76 Å². The molecule has 0 spiro atoms. The fourth-order valence-corrected chi connectivity index (χ4v) is 3.96. The van der Waals surface area contributed by atoms with Crippen LogP contribution in [0.25, 0.3) is 0 Å². The van der Waals surface area contributed by atoms with Crippen LogP contribution in [-0.2, 0) is 17.7 Å². The second-order valence-corrected chi connectivity index (χ2v) is 8.66. The third kappa shape index (κ3) is 5.21. The Hall–Kier alpha value is -1.58. The van der Waals surface area contributed by atoms with Gasteiger partial charge in [0.15, 0.2) is 0 Å². The highest BCUT2D eigenvalue weighted by molar-refractivity contribution is 5.23. The minimum absolute atomic E-state index is 0.271. The molecule has 1 aromatic carbocycles. The summed E-state index contributed by atoms with van der Waals surface area (Å²) >= 11 is 0. The van der Waals surface area contributed by atoms with Crippen LogP contribution in [0.3, 0.4) is 0 Å². The fraction of sp³-hybridized carbons (Fsp3) is 0.565. The smallest absolute Gasteiger partial charge is 0.115 e. The van der Waals surface area contributed by atoms with Gasteiger partial charge in [0.25, 0.3) is 0 Å². The Morgan fingerprint density at radius 3 is 2.81 bits per heavy atom. The highest BCUT2D eigenvalue weighted by Crippen LogP contribution is 2.30. The summed E-state index contributed by atoms with van der Waals surface area (Å²) in [6, 6.07) is 9.31. The van der Waals surface area contributed by atoms with Crippen molar-refractivity contribution in [3.8, 4) is 0 Å². The van der Waals surface area contributed by atoms with Gasteiger partial charge in [-0.3, -0.25) is 4.90 Å². The lowest BCUT2D eigenvalue weighted by Gasteiger charge is -2.23. The topological polar surface area (TPSA) is 38.5 Å². The van der Waals surface area contributed by atoms with Gasteiger partial charge in [-0.1, -0.05) is 44.2 Å². The first-order valence-electron chi connectivity index (χ1n) is 9.99. The van der Waals surface area contributed by atoms with Gasteiger partial charge in [0.05, 0.1) is 6.61 Å². The molecule has 1 fully saturated rings. The fourth-order valence-electron chi connectivity index (χ4n) is 3.96. The molecular weight excluding hydrogens is 320 g/mol. The van der Waals surface area contributed by atoms with Crippen LogP contribution in [-0.4, -0.2) is 30.6 Å². The zero-order chi connectivity index (χ0) is 18.6. The van der Waals surface area contributed by atoms with E-state index in [0.717, 1.165) is 38.3 Å². The molecule has 1 heterocycles. The third-order valence-electron chi connectivity index (χ3n) is 5.72. The number of hydrogen-bond donors (Lipinski definition) is 1. The molecule has 3 heteroatoms. The second kappa shape index (κ2) is 8.41. The van der Waals surface area contributed by atoms with Crippen LogP contribution in [0.15, 0.2) is 48.3 Å². The van der Waals surface area contributed by atoms with Gasteiger partial charge in [-0.05, 0) is 54.9 Å². The van der Waals surface area contributed by atoms with Crippen LogP contribution in [0, 0.1) is 11.3 Å². The van der Waals surface area contributed by atoms with Crippen LogP contribution in [0.2, 0.25) is 0 Å². The van der Waals surface area contributed by atoms with E-state index in [1.807, 2.05) is 0 Å². The van der Waals surface area contributed by atoms with Crippen LogP contribution in [0.5, 0.6) is 0 Å². The van der Waals surface area contributed by atoms with Gasteiger partial charge >= 0.3 is 0 Å². The zero-order valence-electron chi connectivity index (χ0n) is 16.6. The van der Waals surface area contributed by atoms with Gasteiger partial charge < -0.3 is 10.5 Å². The molecule has 2 atom stereocenters.